The van der Waals surface area contributed by atoms with Crippen molar-refractivity contribution in [2.45, 2.75) is 18.4 Å². The number of hydrogen-bond acceptors (Lipinski definition) is 5. The lowest BCUT2D eigenvalue weighted by Gasteiger charge is -2.24. The fraction of sp³-hybridized carbons (Fsp3) is 0.208. The Morgan fingerprint density at radius 3 is 2.30 bits per heavy atom. The van der Waals surface area contributed by atoms with Crippen molar-refractivity contribution in [1.82, 2.24) is 5.32 Å². The number of benzene rings is 3. The molecule has 0 aliphatic carbocycles. The van der Waals surface area contributed by atoms with Crippen LogP contribution in [0.15, 0.2) is 77.7 Å². The summed E-state index contributed by atoms with van der Waals surface area (Å²) in [5, 5.41) is 3.24. The third-order valence-corrected chi connectivity index (χ3v) is 6.84. The van der Waals surface area contributed by atoms with Gasteiger partial charge in [-0.05, 0) is 61.5 Å². The number of para-hydroxylation sites is 1. The number of amides is 1. The lowest BCUT2D eigenvalue weighted by Crippen LogP contribution is -2.40. The zero-order valence-corrected chi connectivity index (χ0v) is 19.9. The normalized spacial score (nSPS) is 11.0. The van der Waals surface area contributed by atoms with Gasteiger partial charge in [-0.15, -0.1) is 0 Å². The molecule has 1 amide bonds. The summed E-state index contributed by atoms with van der Waals surface area (Å²) in [7, 11) is -2.54. The quantitative estimate of drug-likeness (QED) is 0.461. The molecule has 0 fully saturated rings. The molecule has 7 nitrogen and oxygen atoms in total. The number of ether oxygens (including phenoxy) is 2. The van der Waals surface area contributed by atoms with Gasteiger partial charge in [-0.25, -0.2) is 8.42 Å². The second-order valence-electron chi connectivity index (χ2n) is 6.98. The summed E-state index contributed by atoms with van der Waals surface area (Å²) >= 11 is 5.97. The highest BCUT2D eigenvalue weighted by Gasteiger charge is 2.27. The van der Waals surface area contributed by atoms with Crippen LogP contribution in [0.25, 0.3) is 0 Å². The molecule has 174 valence electrons. The fourth-order valence-electron chi connectivity index (χ4n) is 3.12. The van der Waals surface area contributed by atoms with Crippen molar-refractivity contribution >= 4 is 33.2 Å². The summed E-state index contributed by atoms with van der Waals surface area (Å²) in [4.78, 5) is 12.8. The van der Waals surface area contributed by atoms with Gasteiger partial charge in [0.05, 0.1) is 24.3 Å². The summed E-state index contributed by atoms with van der Waals surface area (Å²) in [6, 6.07) is 19.6. The summed E-state index contributed by atoms with van der Waals surface area (Å²) in [5.41, 5.74) is 1.11. The van der Waals surface area contributed by atoms with Crippen LogP contribution in [0.4, 0.5) is 5.69 Å². The minimum atomic E-state index is -4.04. The lowest BCUT2D eigenvalue weighted by atomic mass is 10.2. The summed E-state index contributed by atoms with van der Waals surface area (Å²) < 4.78 is 38.6. The number of methoxy groups -OCH3 is 1. The average Bonchev–Trinajstić information content (AvgIpc) is 2.83. The van der Waals surface area contributed by atoms with Crippen LogP contribution in [0.3, 0.4) is 0 Å². The van der Waals surface area contributed by atoms with Gasteiger partial charge in [-0.2, -0.15) is 0 Å². The van der Waals surface area contributed by atoms with Crippen LogP contribution < -0.4 is 19.1 Å². The number of sulfonamides is 1. The molecular weight excluding hydrogens is 464 g/mol. The van der Waals surface area contributed by atoms with Gasteiger partial charge in [0, 0.05) is 17.1 Å². The maximum absolute atomic E-state index is 13.4. The number of carbonyl (C=O) groups is 1. The molecule has 0 aromatic heterocycles. The minimum Gasteiger partial charge on any atom is -0.497 e. The monoisotopic (exact) mass is 488 g/mol. The van der Waals surface area contributed by atoms with Crippen LogP contribution in [-0.2, 0) is 21.4 Å². The van der Waals surface area contributed by atoms with E-state index in [4.69, 9.17) is 21.1 Å². The summed E-state index contributed by atoms with van der Waals surface area (Å²) in [5.74, 6) is 0.728. The number of hydrogen-bond donors (Lipinski definition) is 1. The van der Waals surface area contributed by atoms with Crippen LogP contribution in [0.5, 0.6) is 11.5 Å². The fourth-order valence-corrected chi connectivity index (χ4v) is 4.67. The van der Waals surface area contributed by atoms with Crippen LogP contribution in [0, 0.1) is 0 Å². The molecular formula is C24H25ClN2O5S. The molecule has 0 aliphatic rings. The zero-order chi connectivity index (χ0) is 23.8. The highest BCUT2D eigenvalue weighted by Crippen LogP contribution is 2.26. The van der Waals surface area contributed by atoms with E-state index in [0.29, 0.717) is 28.8 Å². The number of rotatable bonds is 10. The molecule has 33 heavy (non-hydrogen) atoms. The van der Waals surface area contributed by atoms with Crippen molar-refractivity contribution in [1.29, 1.82) is 0 Å². The second-order valence-corrected chi connectivity index (χ2v) is 9.28. The molecule has 3 rings (SSSR count). The SMILES string of the molecule is CCOc1ccccc1CNC(=O)CN(c1ccc(Cl)cc1)S(=O)(=O)c1ccc(OC)cc1. The predicted molar refractivity (Wildman–Crippen MR) is 128 cm³/mol. The van der Waals surface area contributed by atoms with Gasteiger partial charge < -0.3 is 14.8 Å². The highest BCUT2D eigenvalue weighted by molar-refractivity contribution is 7.92. The topological polar surface area (TPSA) is 84.9 Å². The van der Waals surface area contributed by atoms with Crippen LogP contribution in [0.1, 0.15) is 12.5 Å². The molecule has 0 heterocycles. The number of anilines is 1. The van der Waals surface area contributed by atoms with Crippen molar-refractivity contribution in [3.63, 3.8) is 0 Å². The lowest BCUT2D eigenvalue weighted by molar-refractivity contribution is -0.119. The van der Waals surface area contributed by atoms with Crippen molar-refractivity contribution in [3.05, 3.63) is 83.4 Å². The zero-order valence-electron chi connectivity index (χ0n) is 18.3. The van der Waals surface area contributed by atoms with Gasteiger partial charge in [0.25, 0.3) is 10.0 Å². The third kappa shape index (κ3) is 6.18. The first-order valence-electron chi connectivity index (χ1n) is 10.2. The Bertz CT molecular complexity index is 1180. The van der Waals surface area contributed by atoms with E-state index in [1.807, 2.05) is 31.2 Å². The first kappa shape index (κ1) is 24.4. The Hall–Kier alpha value is -3.23. The number of carbonyl (C=O) groups excluding carboxylic acids is 1. The van der Waals surface area contributed by atoms with Crippen LogP contribution in [0.2, 0.25) is 5.02 Å². The molecule has 0 unspecified atom stereocenters. The molecule has 1 N–H and O–H groups in total. The van der Waals surface area contributed by atoms with Crippen molar-refractivity contribution < 1.29 is 22.7 Å². The number of nitrogens with one attached hydrogen (secondary N) is 1. The first-order valence-corrected chi connectivity index (χ1v) is 12.1. The summed E-state index contributed by atoms with van der Waals surface area (Å²) in [6.45, 7) is 2.16. The van der Waals surface area contributed by atoms with Crippen molar-refractivity contribution in [2.24, 2.45) is 0 Å². The van der Waals surface area contributed by atoms with Crippen molar-refractivity contribution in [3.8, 4) is 11.5 Å². The maximum Gasteiger partial charge on any atom is 0.264 e. The predicted octanol–water partition coefficient (Wildman–Crippen LogP) is 4.26. The van der Waals surface area contributed by atoms with Crippen LogP contribution >= 0.6 is 11.6 Å². The van der Waals surface area contributed by atoms with E-state index in [0.717, 1.165) is 9.87 Å². The standard InChI is InChI=1S/C24H25ClN2O5S/c1-3-32-23-7-5-4-6-18(23)16-26-24(28)17-27(20-10-8-19(25)9-11-20)33(29,30)22-14-12-21(31-2)13-15-22/h4-15H,3,16-17H2,1-2H3,(H,26,28). The average molecular weight is 489 g/mol. The molecule has 0 saturated heterocycles. The second kappa shape index (κ2) is 11.1. The smallest absolute Gasteiger partial charge is 0.264 e. The first-order chi connectivity index (χ1) is 15.8. The maximum atomic E-state index is 13.4. The van der Waals surface area contributed by atoms with E-state index in [9.17, 15) is 13.2 Å². The van der Waals surface area contributed by atoms with Gasteiger partial charge in [0.15, 0.2) is 0 Å². The Kier molecular flexibility index (Phi) is 8.19. The largest absolute Gasteiger partial charge is 0.497 e. The number of halogens is 1. The molecule has 3 aromatic rings. The molecule has 0 saturated carbocycles. The van der Waals surface area contributed by atoms with Gasteiger partial charge >= 0.3 is 0 Å². The van der Waals surface area contributed by atoms with E-state index in [-0.39, 0.29) is 11.4 Å². The molecule has 0 bridgehead atoms. The Morgan fingerprint density at radius 1 is 1.00 bits per heavy atom. The van der Waals surface area contributed by atoms with E-state index in [1.165, 1.54) is 19.2 Å². The van der Waals surface area contributed by atoms with E-state index >= 15 is 0 Å². The van der Waals surface area contributed by atoms with Crippen molar-refractivity contribution in [2.75, 3.05) is 24.6 Å². The summed E-state index contributed by atoms with van der Waals surface area (Å²) in [6.07, 6.45) is 0. The van der Waals surface area contributed by atoms with Gasteiger partial charge in [-0.1, -0.05) is 29.8 Å². The Morgan fingerprint density at radius 2 is 1.67 bits per heavy atom. The number of nitrogens with zero attached hydrogens (tertiary/aromatic N) is 1. The molecule has 0 atom stereocenters. The van der Waals surface area contributed by atoms with Gasteiger partial charge in [0.1, 0.15) is 18.0 Å². The molecule has 0 radical (unpaired) electrons. The van der Waals surface area contributed by atoms with E-state index in [1.54, 1.807) is 36.4 Å². The Labute approximate surface area is 198 Å². The molecule has 0 spiro atoms. The highest BCUT2D eigenvalue weighted by atomic mass is 35.5. The van der Waals surface area contributed by atoms with Crippen LogP contribution in [-0.4, -0.2) is 34.6 Å². The molecule has 0 aliphatic heterocycles. The third-order valence-electron chi connectivity index (χ3n) is 4.80. The van der Waals surface area contributed by atoms with Gasteiger partial charge in [0.2, 0.25) is 5.91 Å². The molecule has 9 heteroatoms. The minimum absolute atomic E-state index is 0.0349. The van der Waals surface area contributed by atoms with E-state index < -0.39 is 22.5 Å². The Balaban J connectivity index is 1.84. The van der Waals surface area contributed by atoms with E-state index in [2.05, 4.69) is 5.32 Å². The molecule has 3 aromatic carbocycles. The van der Waals surface area contributed by atoms with Gasteiger partial charge in [-0.3, -0.25) is 9.10 Å².